The summed E-state index contributed by atoms with van der Waals surface area (Å²) in [6, 6.07) is 11.1. The summed E-state index contributed by atoms with van der Waals surface area (Å²) in [6.45, 7) is 1.93. The van der Waals surface area contributed by atoms with E-state index >= 15 is 0 Å². The molecule has 4 bridgehead atoms. The van der Waals surface area contributed by atoms with Crippen molar-refractivity contribution in [2.24, 2.45) is 23.2 Å². The Bertz CT molecular complexity index is 605. The Hall–Kier alpha value is -1.51. The molecule has 1 saturated heterocycles. The highest BCUT2D eigenvalue weighted by Crippen LogP contribution is 2.60. The molecule has 0 spiro atoms. The van der Waals surface area contributed by atoms with E-state index in [0.29, 0.717) is 11.9 Å². The summed E-state index contributed by atoms with van der Waals surface area (Å²) in [5.41, 5.74) is 1.29. The fourth-order valence-electron chi connectivity index (χ4n) is 6.79. The summed E-state index contributed by atoms with van der Waals surface area (Å²) in [5.74, 6) is 2.89. The second-order valence-electron chi connectivity index (χ2n) is 9.23. The third-order valence-electron chi connectivity index (χ3n) is 7.48. The van der Waals surface area contributed by atoms with E-state index in [2.05, 4.69) is 40.5 Å². The van der Waals surface area contributed by atoms with Gasteiger partial charge in [-0.15, -0.1) is 0 Å². The number of carbonyl (C=O) groups is 1. The Morgan fingerprint density at radius 3 is 2.32 bits per heavy atom. The van der Waals surface area contributed by atoms with Gasteiger partial charge in [-0.05, 0) is 81.3 Å². The van der Waals surface area contributed by atoms with E-state index in [-0.39, 0.29) is 5.41 Å². The summed E-state index contributed by atoms with van der Waals surface area (Å²) in [4.78, 5) is 15.7. The number of benzene rings is 1. The third-order valence-corrected chi connectivity index (χ3v) is 7.48. The summed E-state index contributed by atoms with van der Waals surface area (Å²) >= 11 is 0. The van der Waals surface area contributed by atoms with E-state index in [4.69, 9.17) is 0 Å². The zero-order chi connectivity index (χ0) is 16.9. The summed E-state index contributed by atoms with van der Waals surface area (Å²) in [5, 5.41) is 3.40. The Morgan fingerprint density at radius 2 is 1.68 bits per heavy atom. The van der Waals surface area contributed by atoms with Crippen LogP contribution in [0.5, 0.6) is 0 Å². The first-order valence-corrected chi connectivity index (χ1v) is 10.3. The van der Waals surface area contributed by atoms with Gasteiger partial charge in [0.2, 0.25) is 5.91 Å². The van der Waals surface area contributed by atoms with Gasteiger partial charge in [-0.3, -0.25) is 4.79 Å². The van der Waals surface area contributed by atoms with Crippen LogP contribution >= 0.6 is 0 Å². The molecule has 5 fully saturated rings. The molecular formula is C22H30N2O. The molecule has 1 aromatic carbocycles. The maximum atomic E-state index is 13.2. The Balaban J connectivity index is 1.25. The first-order valence-electron chi connectivity index (χ1n) is 10.3. The average Bonchev–Trinajstić information content (AvgIpc) is 3.08. The van der Waals surface area contributed by atoms with Gasteiger partial charge in [-0.1, -0.05) is 18.2 Å². The van der Waals surface area contributed by atoms with E-state index in [1.165, 1.54) is 57.1 Å². The van der Waals surface area contributed by atoms with Crippen molar-refractivity contribution in [2.75, 3.05) is 18.0 Å². The van der Waals surface area contributed by atoms with Crippen molar-refractivity contribution < 1.29 is 4.79 Å². The van der Waals surface area contributed by atoms with Crippen LogP contribution in [0.25, 0.3) is 0 Å². The summed E-state index contributed by atoms with van der Waals surface area (Å²) < 4.78 is 0. The van der Waals surface area contributed by atoms with Crippen LogP contribution in [0.4, 0.5) is 5.69 Å². The number of nitrogens with zero attached hydrogens (tertiary/aromatic N) is 1. The molecule has 25 heavy (non-hydrogen) atoms. The second kappa shape index (κ2) is 6.03. The van der Waals surface area contributed by atoms with Crippen molar-refractivity contribution >= 4 is 11.6 Å². The lowest BCUT2D eigenvalue weighted by atomic mass is 9.49. The predicted octanol–water partition coefficient (Wildman–Crippen LogP) is 3.99. The highest BCUT2D eigenvalue weighted by molar-refractivity contribution is 5.83. The molecule has 0 radical (unpaired) electrons. The number of hydrogen-bond donors (Lipinski definition) is 1. The lowest BCUT2D eigenvalue weighted by Gasteiger charge is -2.55. The van der Waals surface area contributed by atoms with E-state index in [1.54, 1.807) is 0 Å². The van der Waals surface area contributed by atoms with Crippen molar-refractivity contribution in [3.8, 4) is 0 Å². The maximum Gasteiger partial charge on any atom is 0.226 e. The predicted molar refractivity (Wildman–Crippen MR) is 100 cm³/mol. The normalized spacial score (nSPS) is 39.0. The van der Waals surface area contributed by atoms with Crippen molar-refractivity contribution in [3.05, 3.63) is 30.3 Å². The van der Waals surface area contributed by atoms with Crippen LogP contribution in [0.15, 0.2) is 30.3 Å². The van der Waals surface area contributed by atoms with Gasteiger partial charge in [0.15, 0.2) is 0 Å². The van der Waals surface area contributed by atoms with Gasteiger partial charge < -0.3 is 10.2 Å². The minimum atomic E-state index is -0.00900. The number of anilines is 1. The maximum absolute atomic E-state index is 13.2. The molecule has 1 aromatic rings. The molecular weight excluding hydrogens is 308 g/mol. The van der Waals surface area contributed by atoms with Crippen molar-refractivity contribution in [1.29, 1.82) is 0 Å². The molecule has 3 nitrogen and oxygen atoms in total. The minimum absolute atomic E-state index is 0.00900. The number of carbonyl (C=O) groups excluding carboxylic acids is 1. The highest BCUT2D eigenvalue weighted by Gasteiger charge is 2.54. The van der Waals surface area contributed by atoms with Gasteiger partial charge in [0.05, 0.1) is 0 Å². The molecule has 1 atom stereocenters. The standard InChI is InChI=1S/C22H30N2O/c25-21(22-12-16-9-17(13-22)11-18(10-16)14-22)23-15-20-7-4-8-24(20)19-5-2-1-3-6-19/h1-3,5-6,16-18,20H,4,7-15H2,(H,23,25)/t16?,17?,18?,20-,22?/m1/s1. The Kier molecular flexibility index (Phi) is 3.79. The van der Waals surface area contributed by atoms with Crippen LogP contribution in [0.2, 0.25) is 0 Å². The largest absolute Gasteiger partial charge is 0.367 e. The van der Waals surface area contributed by atoms with Gasteiger partial charge in [0.25, 0.3) is 0 Å². The molecule has 3 heteroatoms. The van der Waals surface area contributed by atoms with Crippen LogP contribution in [-0.2, 0) is 4.79 Å². The highest BCUT2D eigenvalue weighted by atomic mass is 16.2. The van der Waals surface area contributed by atoms with Crippen LogP contribution in [0.1, 0.15) is 51.4 Å². The van der Waals surface area contributed by atoms with Crippen LogP contribution in [0.3, 0.4) is 0 Å². The fourth-order valence-corrected chi connectivity index (χ4v) is 6.79. The number of para-hydroxylation sites is 1. The van der Waals surface area contributed by atoms with Gasteiger partial charge in [0.1, 0.15) is 0 Å². The molecule has 4 saturated carbocycles. The van der Waals surface area contributed by atoms with Gasteiger partial charge in [-0.25, -0.2) is 0 Å². The number of rotatable bonds is 4. The van der Waals surface area contributed by atoms with Crippen molar-refractivity contribution in [1.82, 2.24) is 5.32 Å². The summed E-state index contributed by atoms with van der Waals surface area (Å²) in [6.07, 6.45) is 10.1. The minimum Gasteiger partial charge on any atom is -0.367 e. The topological polar surface area (TPSA) is 32.3 Å². The molecule has 0 aromatic heterocycles. The molecule has 5 aliphatic rings. The Labute approximate surface area is 151 Å². The molecule has 1 heterocycles. The fraction of sp³-hybridized carbons (Fsp3) is 0.682. The molecule has 1 amide bonds. The third kappa shape index (κ3) is 2.76. The zero-order valence-electron chi connectivity index (χ0n) is 15.1. The van der Waals surface area contributed by atoms with E-state index in [1.807, 2.05) is 0 Å². The molecule has 0 unspecified atom stereocenters. The number of hydrogen-bond acceptors (Lipinski definition) is 2. The summed E-state index contributed by atoms with van der Waals surface area (Å²) in [7, 11) is 0. The van der Waals surface area contributed by atoms with E-state index in [9.17, 15) is 4.79 Å². The zero-order valence-corrected chi connectivity index (χ0v) is 15.1. The monoisotopic (exact) mass is 338 g/mol. The van der Waals surface area contributed by atoms with E-state index < -0.39 is 0 Å². The smallest absolute Gasteiger partial charge is 0.226 e. The molecule has 134 valence electrons. The SMILES string of the molecule is O=C(NC[C@H]1CCCN1c1ccccc1)C12CC3CC(CC(C3)C1)C2. The van der Waals surface area contributed by atoms with Crippen molar-refractivity contribution in [3.63, 3.8) is 0 Å². The molecule has 6 rings (SSSR count). The quantitative estimate of drug-likeness (QED) is 0.900. The van der Waals surface area contributed by atoms with Crippen LogP contribution in [0, 0.1) is 23.2 Å². The lowest BCUT2D eigenvalue weighted by molar-refractivity contribution is -0.146. The first kappa shape index (κ1) is 15.7. The van der Waals surface area contributed by atoms with Crippen LogP contribution in [-0.4, -0.2) is 25.0 Å². The van der Waals surface area contributed by atoms with Gasteiger partial charge in [0, 0.05) is 30.2 Å². The molecule has 1 aliphatic heterocycles. The average molecular weight is 338 g/mol. The van der Waals surface area contributed by atoms with Crippen LogP contribution < -0.4 is 10.2 Å². The Morgan fingerprint density at radius 1 is 1.04 bits per heavy atom. The molecule has 1 N–H and O–H groups in total. The van der Waals surface area contributed by atoms with Gasteiger partial charge >= 0.3 is 0 Å². The van der Waals surface area contributed by atoms with Crippen molar-refractivity contribution in [2.45, 2.75) is 57.4 Å². The van der Waals surface area contributed by atoms with Gasteiger partial charge in [-0.2, -0.15) is 0 Å². The number of amides is 1. The number of nitrogens with one attached hydrogen (secondary N) is 1. The first-order chi connectivity index (χ1) is 12.2. The second-order valence-corrected chi connectivity index (χ2v) is 9.23. The molecule has 4 aliphatic carbocycles. The van der Waals surface area contributed by atoms with E-state index in [0.717, 1.165) is 30.8 Å². The lowest BCUT2D eigenvalue weighted by Crippen LogP contribution is -2.55.